The van der Waals surface area contributed by atoms with Crippen LogP contribution >= 0.6 is 0 Å². The maximum atomic E-state index is 12.7. The van der Waals surface area contributed by atoms with Gasteiger partial charge in [0.15, 0.2) is 11.5 Å². The molecule has 0 aliphatic carbocycles. The third-order valence-electron chi connectivity index (χ3n) is 3.95. The van der Waals surface area contributed by atoms with Gasteiger partial charge >= 0.3 is 0 Å². The number of hydrogen-bond donors (Lipinski definition) is 1. The highest BCUT2D eigenvalue weighted by atomic mass is 16.5. The second-order valence-corrected chi connectivity index (χ2v) is 5.93. The van der Waals surface area contributed by atoms with Crippen LogP contribution in [0.5, 0.6) is 11.5 Å². The van der Waals surface area contributed by atoms with Gasteiger partial charge in [-0.25, -0.2) is 0 Å². The molecule has 1 heterocycles. The maximum absolute atomic E-state index is 12.7. The highest BCUT2D eigenvalue weighted by Crippen LogP contribution is 2.29. The quantitative estimate of drug-likeness (QED) is 0.907. The Labute approximate surface area is 132 Å². The van der Waals surface area contributed by atoms with Gasteiger partial charge in [-0.05, 0) is 58.0 Å². The predicted octanol–water partition coefficient (Wildman–Crippen LogP) is 2.31. The van der Waals surface area contributed by atoms with Gasteiger partial charge < -0.3 is 19.7 Å². The number of carbonyl (C=O) groups is 1. The fourth-order valence-electron chi connectivity index (χ4n) is 2.72. The third kappa shape index (κ3) is 3.91. The molecule has 2 rings (SSSR count). The summed E-state index contributed by atoms with van der Waals surface area (Å²) in [6.07, 6.45) is 2.05. The van der Waals surface area contributed by atoms with Crippen LogP contribution in [0.15, 0.2) is 18.2 Å². The fourth-order valence-corrected chi connectivity index (χ4v) is 2.72. The molecule has 5 nitrogen and oxygen atoms in total. The summed E-state index contributed by atoms with van der Waals surface area (Å²) in [4.78, 5) is 14.5. The number of amides is 1. The molecule has 5 heteroatoms. The van der Waals surface area contributed by atoms with Crippen LogP contribution in [0.2, 0.25) is 0 Å². The van der Waals surface area contributed by atoms with Crippen LogP contribution in [-0.4, -0.2) is 50.2 Å². The number of ether oxygens (including phenoxy) is 2. The standard InChI is InChI=1S/C17H26N2O3/c1-12(2)22-15-6-5-13(11-16(15)21-4)17(20)19(3)14-7-9-18-10-8-14/h5-6,11-12,14,18H,7-10H2,1-4H3. The summed E-state index contributed by atoms with van der Waals surface area (Å²) in [6.45, 7) is 5.85. The first kappa shape index (κ1) is 16.6. The van der Waals surface area contributed by atoms with Crippen molar-refractivity contribution in [2.24, 2.45) is 0 Å². The summed E-state index contributed by atoms with van der Waals surface area (Å²) >= 11 is 0. The van der Waals surface area contributed by atoms with E-state index >= 15 is 0 Å². The molecule has 1 aromatic rings. The van der Waals surface area contributed by atoms with Gasteiger partial charge in [0.05, 0.1) is 13.2 Å². The van der Waals surface area contributed by atoms with Crippen LogP contribution in [0.1, 0.15) is 37.0 Å². The summed E-state index contributed by atoms with van der Waals surface area (Å²) in [6, 6.07) is 5.67. The van der Waals surface area contributed by atoms with Crippen molar-refractivity contribution in [2.75, 3.05) is 27.2 Å². The van der Waals surface area contributed by atoms with Crippen LogP contribution in [0.25, 0.3) is 0 Å². The highest BCUT2D eigenvalue weighted by molar-refractivity contribution is 5.95. The van der Waals surface area contributed by atoms with Crippen molar-refractivity contribution in [3.8, 4) is 11.5 Å². The molecular formula is C17H26N2O3. The van der Waals surface area contributed by atoms with Crippen molar-refractivity contribution in [3.05, 3.63) is 23.8 Å². The lowest BCUT2D eigenvalue weighted by Crippen LogP contribution is -2.43. The second kappa shape index (κ2) is 7.49. The number of nitrogens with zero attached hydrogens (tertiary/aromatic N) is 1. The lowest BCUT2D eigenvalue weighted by molar-refractivity contribution is 0.0703. The van der Waals surface area contributed by atoms with E-state index in [1.807, 2.05) is 31.9 Å². The molecule has 0 saturated carbocycles. The van der Waals surface area contributed by atoms with E-state index < -0.39 is 0 Å². The van der Waals surface area contributed by atoms with E-state index in [0.717, 1.165) is 25.9 Å². The monoisotopic (exact) mass is 306 g/mol. The Balaban J connectivity index is 2.15. The van der Waals surface area contributed by atoms with Crippen molar-refractivity contribution in [1.82, 2.24) is 10.2 Å². The molecule has 22 heavy (non-hydrogen) atoms. The highest BCUT2D eigenvalue weighted by Gasteiger charge is 2.23. The molecule has 0 spiro atoms. The van der Waals surface area contributed by atoms with Crippen LogP contribution in [0, 0.1) is 0 Å². The number of carbonyl (C=O) groups excluding carboxylic acids is 1. The van der Waals surface area contributed by atoms with Crippen LogP contribution < -0.4 is 14.8 Å². The fraction of sp³-hybridized carbons (Fsp3) is 0.588. The first-order valence-corrected chi connectivity index (χ1v) is 7.85. The van der Waals surface area contributed by atoms with E-state index in [0.29, 0.717) is 23.1 Å². The summed E-state index contributed by atoms with van der Waals surface area (Å²) in [7, 11) is 3.47. The van der Waals surface area contributed by atoms with Crippen molar-refractivity contribution in [1.29, 1.82) is 0 Å². The zero-order valence-corrected chi connectivity index (χ0v) is 13.9. The average molecular weight is 306 g/mol. The van der Waals surface area contributed by atoms with Crippen LogP contribution in [0.4, 0.5) is 0 Å². The van der Waals surface area contributed by atoms with Gasteiger partial charge in [0.1, 0.15) is 0 Å². The van der Waals surface area contributed by atoms with Crippen molar-refractivity contribution in [2.45, 2.75) is 38.8 Å². The molecule has 1 aliphatic heterocycles. The molecule has 1 fully saturated rings. The minimum absolute atomic E-state index is 0.0290. The molecule has 0 radical (unpaired) electrons. The van der Waals surface area contributed by atoms with Crippen LogP contribution in [-0.2, 0) is 0 Å². The topological polar surface area (TPSA) is 50.8 Å². The molecular weight excluding hydrogens is 280 g/mol. The summed E-state index contributed by atoms with van der Waals surface area (Å²) in [5, 5.41) is 3.32. The Morgan fingerprint density at radius 2 is 1.95 bits per heavy atom. The lowest BCUT2D eigenvalue weighted by Gasteiger charge is -2.31. The maximum Gasteiger partial charge on any atom is 0.253 e. The third-order valence-corrected chi connectivity index (χ3v) is 3.95. The molecule has 1 aromatic carbocycles. The van der Waals surface area contributed by atoms with Crippen molar-refractivity contribution < 1.29 is 14.3 Å². The molecule has 1 N–H and O–H groups in total. The zero-order chi connectivity index (χ0) is 16.1. The van der Waals surface area contributed by atoms with E-state index in [4.69, 9.17) is 9.47 Å². The van der Waals surface area contributed by atoms with Gasteiger partial charge in [0.2, 0.25) is 0 Å². The van der Waals surface area contributed by atoms with Gasteiger partial charge in [-0.2, -0.15) is 0 Å². The summed E-state index contributed by atoms with van der Waals surface area (Å²) < 4.78 is 11.0. The van der Waals surface area contributed by atoms with E-state index in [9.17, 15) is 4.79 Å². The molecule has 122 valence electrons. The molecule has 1 saturated heterocycles. The van der Waals surface area contributed by atoms with Gasteiger partial charge in [-0.15, -0.1) is 0 Å². The molecule has 0 unspecified atom stereocenters. The SMILES string of the molecule is COc1cc(C(=O)N(C)C2CCNCC2)ccc1OC(C)C. The molecule has 0 atom stereocenters. The predicted molar refractivity (Wildman–Crippen MR) is 86.7 cm³/mol. The van der Waals surface area contributed by atoms with Gasteiger partial charge in [-0.1, -0.05) is 0 Å². The number of nitrogens with one attached hydrogen (secondary N) is 1. The van der Waals surface area contributed by atoms with E-state index in [-0.39, 0.29) is 12.0 Å². The summed E-state index contributed by atoms with van der Waals surface area (Å²) in [5.41, 5.74) is 0.633. The van der Waals surface area contributed by atoms with Crippen molar-refractivity contribution >= 4 is 5.91 Å². The van der Waals surface area contributed by atoms with E-state index in [1.54, 1.807) is 19.2 Å². The van der Waals surface area contributed by atoms with E-state index in [1.165, 1.54) is 0 Å². The smallest absolute Gasteiger partial charge is 0.253 e. The Hall–Kier alpha value is -1.75. The Kier molecular flexibility index (Phi) is 5.66. The Bertz CT molecular complexity index is 511. The first-order valence-electron chi connectivity index (χ1n) is 7.85. The Morgan fingerprint density at radius 3 is 2.55 bits per heavy atom. The molecule has 1 amide bonds. The van der Waals surface area contributed by atoms with Crippen LogP contribution in [0.3, 0.4) is 0 Å². The number of hydrogen-bond acceptors (Lipinski definition) is 4. The number of piperidine rings is 1. The second-order valence-electron chi connectivity index (χ2n) is 5.93. The van der Waals surface area contributed by atoms with Gasteiger partial charge in [0.25, 0.3) is 5.91 Å². The number of rotatable bonds is 5. The summed E-state index contributed by atoms with van der Waals surface area (Å²) in [5.74, 6) is 1.29. The zero-order valence-electron chi connectivity index (χ0n) is 13.9. The first-order chi connectivity index (χ1) is 10.5. The lowest BCUT2D eigenvalue weighted by atomic mass is 10.0. The normalized spacial score (nSPS) is 15.7. The van der Waals surface area contributed by atoms with E-state index in [2.05, 4.69) is 5.32 Å². The average Bonchev–Trinajstić information content (AvgIpc) is 2.54. The van der Waals surface area contributed by atoms with Gasteiger partial charge in [0, 0.05) is 18.7 Å². The molecule has 1 aliphatic rings. The molecule has 0 aromatic heterocycles. The van der Waals surface area contributed by atoms with Gasteiger partial charge in [-0.3, -0.25) is 4.79 Å². The molecule has 0 bridgehead atoms. The number of benzene rings is 1. The Morgan fingerprint density at radius 1 is 1.27 bits per heavy atom. The largest absolute Gasteiger partial charge is 0.493 e. The minimum Gasteiger partial charge on any atom is -0.493 e. The minimum atomic E-state index is 0.0290. The van der Waals surface area contributed by atoms with Crippen molar-refractivity contribution in [3.63, 3.8) is 0 Å². The number of methoxy groups -OCH3 is 1.